The van der Waals surface area contributed by atoms with E-state index in [2.05, 4.69) is 91.1 Å². The fraction of sp³-hybridized carbons (Fsp3) is 0.409. The Morgan fingerprint density at radius 3 is 2.26 bits per heavy atom. The summed E-state index contributed by atoms with van der Waals surface area (Å²) in [6.07, 6.45) is 2.34. The second-order valence-corrected chi connectivity index (χ2v) is 10.8. The molecule has 0 unspecified atom stereocenters. The minimum atomic E-state index is -0.918. The minimum absolute atomic E-state index is 0.123. The molecule has 0 aliphatic heterocycles. The Labute approximate surface area is 188 Å². The minimum Gasteiger partial charge on any atom is -0.487 e. The van der Waals surface area contributed by atoms with Gasteiger partial charge in [-0.15, -0.1) is 0 Å². The molecule has 0 saturated heterocycles. The quantitative estimate of drug-likeness (QED) is 0.413. The van der Waals surface area contributed by atoms with E-state index in [4.69, 9.17) is 4.74 Å². The first-order chi connectivity index (χ1) is 12.5. The lowest BCUT2D eigenvalue weighted by molar-refractivity contribution is 0.0696. The van der Waals surface area contributed by atoms with E-state index < -0.39 is 5.97 Å². The average Bonchev–Trinajstić information content (AvgIpc) is 2.58. The van der Waals surface area contributed by atoms with E-state index in [-0.39, 0.29) is 16.4 Å². The zero-order valence-corrected chi connectivity index (χ0v) is 20.3. The number of halogens is 2. The normalized spacial score (nSPS) is 17.3. The Hall–Kier alpha value is -0.830. The van der Waals surface area contributed by atoms with E-state index in [0.717, 1.165) is 19.3 Å². The van der Waals surface area contributed by atoms with E-state index in [1.54, 1.807) is 12.1 Å². The topological polar surface area (TPSA) is 46.5 Å². The molecule has 0 heterocycles. The van der Waals surface area contributed by atoms with Crippen molar-refractivity contribution in [2.75, 3.05) is 0 Å². The van der Waals surface area contributed by atoms with Crippen LogP contribution in [-0.2, 0) is 17.4 Å². The van der Waals surface area contributed by atoms with Gasteiger partial charge < -0.3 is 9.84 Å². The molecule has 0 fully saturated rings. The molecular weight excluding hydrogens is 566 g/mol. The summed E-state index contributed by atoms with van der Waals surface area (Å²) in [5.74, 6) is -0.162. The van der Waals surface area contributed by atoms with Crippen molar-refractivity contribution in [3.63, 3.8) is 0 Å². The van der Waals surface area contributed by atoms with Gasteiger partial charge in [-0.3, -0.25) is 0 Å². The van der Waals surface area contributed by atoms with Gasteiger partial charge in [0, 0.05) is 0 Å². The molecule has 144 valence electrons. The van der Waals surface area contributed by atoms with Gasteiger partial charge in [0.25, 0.3) is 0 Å². The van der Waals surface area contributed by atoms with Gasteiger partial charge in [-0.05, 0) is 97.7 Å². The molecule has 0 radical (unpaired) electrons. The lowest BCUT2D eigenvalue weighted by atomic mass is 9.62. The van der Waals surface area contributed by atoms with Gasteiger partial charge >= 0.3 is 5.97 Å². The average molecular weight is 590 g/mol. The molecule has 0 saturated carbocycles. The molecule has 0 bridgehead atoms. The molecule has 2 aromatic carbocycles. The summed E-state index contributed by atoms with van der Waals surface area (Å²) in [5.41, 5.74) is 4.64. The third kappa shape index (κ3) is 4.13. The van der Waals surface area contributed by atoms with Crippen LogP contribution in [0.4, 0.5) is 0 Å². The second kappa shape index (κ2) is 7.54. The molecule has 1 aliphatic rings. The zero-order valence-electron chi connectivity index (χ0n) is 16.0. The maximum absolute atomic E-state index is 11.2. The first kappa shape index (κ1) is 20.9. The number of aromatic carboxylic acids is 1. The predicted octanol–water partition coefficient (Wildman–Crippen LogP) is 6.52. The number of rotatable bonds is 4. The lowest BCUT2D eigenvalue weighted by Crippen LogP contribution is -2.35. The SMILES string of the molecule is CC1(C)CCC(C)(C)c2c(COc3c(I)cc(C(=O)O)cc3I)cccc21. The van der Waals surface area contributed by atoms with Gasteiger partial charge in [-0.2, -0.15) is 0 Å². The molecule has 0 atom stereocenters. The molecule has 5 heteroatoms. The molecule has 3 nitrogen and oxygen atoms in total. The van der Waals surface area contributed by atoms with Gasteiger partial charge in [0.1, 0.15) is 12.4 Å². The summed E-state index contributed by atoms with van der Waals surface area (Å²) in [4.78, 5) is 11.2. The molecule has 0 aromatic heterocycles. The molecule has 3 rings (SSSR count). The summed E-state index contributed by atoms with van der Waals surface area (Å²) in [5, 5.41) is 9.22. The third-order valence-electron chi connectivity index (χ3n) is 5.55. The summed E-state index contributed by atoms with van der Waals surface area (Å²) in [7, 11) is 0. The van der Waals surface area contributed by atoms with Crippen LogP contribution in [0.1, 0.15) is 67.6 Å². The van der Waals surface area contributed by atoms with Crippen LogP contribution in [0.2, 0.25) is 0 Å². The highest BCUT2D eigenvalue weighted by atomic mass is 127. The predicted molar refractivity (Wildman–Crippen MR) is 125 cm³/mol. The monoisotopic (exact) mass is 590 g/mol. The molecule has 27 heavy (non-hydrogen) atoms. The van der Waals surface area contributed by atoms with Crippen LogP contribution in [0.15, 0.2) is 30.3 Å². The van der Waals surface area contributed by atoms with Crippen LogP contribution in [0.25, 0.3) is 0 Å². The van der Waals surface area contributed by atoms with Gasteiger partial charge in [-0.1, -0.05) is 45.9 Å². The van der Waals surface area contributed by atoms with Gasteiger partial charge in [0.2, 0.25) is 0 Å². The first-order valence-corrected chi connectivity index (χ1v) is 11.2. The van der Waals surface area contributed by atoms with Gasteiger partial charge in [-0.25, -0.2) is 4.79 Å². The summed E-state index contributed by atoms with van der Waals surface area (Å²) < 4.78 is 7.85. The van der Waals surface area contributed by atoms with Crippen LogP contribution in [0.5, 0.6) is 5.75 Å². The van der Waals surface area contributed by atoms with E-state index >= 15 is 0 Å². The fourth-order valence-corrected chi connectivity index (χ4v) is 6.02. The Kier molecular flexibility index (Phi) is 5.83. The van der Waals surface area contributed by atoms with Crippen molar-refractivity contribution in [3.8, 4) is 5.75 Å². The number of carboxylic acids is 1. The highest BCUT2D eigenvalue weighted by Crippen LogP contribution is 2.47. The van der Waals surface area contributed by atoms with E-state index in [0.29, 0.717) is 6.61 Å². The maximum atomic E-state index is 11.2. The molecule has 2 aromatic rings. The Balaban J connectivity index is 1.96. The molecule has 0 spiro atoms. The fourth-order valence-electron chi connectivity index (χ4n) is 3.94. The number of benzene rings is 2. The van der Waals surface area contributed by atoms with Crippen molar-refractivity contribution in [3.05, 3.63) is 59.7 Å². The Morgan fingerprint density at radius 1 is 1.07 bits per heavy atom. The highest BCUT2D eigenvalue weighted by molar-refractivity contribution is 14.1. The van der Waals surface area contributed by atoms with Crippen LogP contribution in [-0.4, -0.2) is 11.1 Å². The number of fused-ring (bicyclic) bond motifs is 1. The summed E-state index contributed by atoms with van der Waals surface area (Å²) >= 11 is 4.30. The van der Waals surface area contributed by atoms with Gasteiger partial charge in [0.15, 0.2) is 0 Å². The molecule has 0 amide bonds. The zero-order chi connectivity index (χ0) is 20.0. The van der Waals surface area contributed by atoms with Crippen molar-refractivity contribution in [1.29, 1.82) is 0 Å². The molecule has 1 N–H and O–H groups in total. The van der Waals surface area contributed by atoms with Crippen molar-refractivity contribution in [2.45, 2.75) is 58.0 Å². The second-order valence-electron chi connectivity index (χ2n) is 8.47. The molecule has 1 aliphatic carbocycles. The number of carboxylic acid groups (broad SMARTS) is 1. The van der Waals surface area contributed by atoms with Crippen LogP contribution in [0.3, 0.4) is 0 Å². The van der Waals surface area contributed by atoms with E-state index in [1.165, 1.54) is 23.1 Å². The van der Waals surface area contributed by atoms with E-state index in [9.17, 15) is 9.90 Å². The lowest BCUT2D eigenvalue weighted by Gasteiger charge is -2.43. The Morgan fingerprint density at radius 2 is 1.67 bits per heavy atom. The van der Waals surface area contributed by atoms with Crippen molar-refractivity contribution < 1.29 is 14.6 Å². The largest absolute Gasteiger partial charge is 0.487 e. The summed E-state index contributed by atoms with van der Waals surface area (Å²) in [6, 6.07) is 9.87. The third-order valence-corrected chi connectivity index (χ3v) is 7.15. The number of carbonyl (C=O) groups is 1. The molecular formula is C22H24I2O3. The number of hydrogen-bond acceptors (Lipinski definition) is 2. The van der Waals surface area contributed by atoms with Crippen molar-refractivity contribution in [1.82, 2.24) is 0 Å². The van der Waals surface area contributed by atoms with E-state index in [1.807, 2.05) is 0 Å². The Bertz CT molecular complexity index is 877. The summed E-state index contributed by atoms with van der Waals surface area (Å²) in [6.45, 7) is 9.77. The maximum Gasteiger partial charge on any atom is 0.335 e. The van der Waals surface area contributed by atoms with Crippen molar-refractivity contribution in [2.24, 2.45) is 0 Å². The number of ether oxygens (including phenoxy) is 1. The van der Waals surface area contributed by atoms with Crippen LogP contribution < -0.4 is 4.74 Å². The van der Waals surface area contributed by atoms with Crippen molar-refractivity contribution >= 4 is 51.2 Å². The standard InChI is InChI=1S/C22H24I2O3/c1-21(2)8-9-22(3,4)18-13(6-5-7-15(18)21)12-27-19-16(23)10-14(20(25)26)11-17(19)24/h5-7,10-11H,8-9,12H2,1-4H3,(H,25,26). The van der Waals surface area contributed by atoms with Gasteiger partial charge in [0.05, 0.1) is 12.7 Å². The smallest absolute Gasteiger partial charge is 0.335 e. The number of hydrogen-bond donors (Lipinski definition) is 1. The van der Waals surface area contributed by atoms with Crippen LogP contribution in [0, 0.1) is 7.14 Å². The van der Waals surface area contributed by atoms with Crippen LogP contribution >= 0.6 is 45.2 Å². The highest BCUT2D eigenvalue weighted by Gasteiger charge is 2.38. The first-order valence-electron chi connectivity index (χ1n) is 9.01.